The van der Waals surface area contributed by atoms with Crippen LogP contribution in [0.2, 0.25) is 0 Å². The van der Waals surface area contributed by atoms with Crippen LogP contribution in [0.3, 0.4) is 0 Å². The Balaban J connectivity index is 1.33. The van der Waals surface area contributed by atoms with E-state index in [0.29, 0.717) is 17.3 Å². The lowest BCUT2D eigenvalue weighted by Gasteiger charge is -2.31. The molecule has 0 aromatic carbocycles. The van der Waals surface area contributed by atoms with Crippen molar-refractivity contribution in [2.24, 2.45) is 0 Å². The molecule has 4 heterocycles. The first-order valence-corrected chi connectivity index (χ1v) is 9.88. The number of piperidine rings is 1. The van der Waals surface area contributed by atoms with Gasteiger partial charge in [-0.1, -0.05) is 0 Å². The summed E-state index contributed by atoms with van der Waals surface area (Å²) in [5.41, 5.74) is 3.06. The largest absolute Gasteiger partial charge is 0.316 e. The Morgan fingerprint density at radius 1 is 1.19 bits per heavy atom. The third-order valence-electron chi connectivity index (χ3n) is 4.81. The van der Waals surface area contributed by atoms with Gasteiger partial charge in [-0.15, -0.1) is 11.3 Å². The summed E-state index contributed by atoms with van der Waals surface area (Å²) in [6.07, 6.45) is 7.58. The molecule has 0 aliphatic carbocycles. The van der Waals surface area contributed by atoms with Crippen molar-refractivity contribution in [1.29, 1.82) is 5.26 Å². The average Bonchev–Trinajstić information content (AvgIpc) is 3.18. The average molecular weight is 376 g/mol. The predicted molar refractivity (Wildman–Crippen MR) is 106 cm³/mol. The van der Waals surface area contributed by atoms with E-state index in [1.54, 1.807) is 29.7 Å². The first-order chi connectivity index (χ1) is 13.3. The minimum Gasteiger partial charge on any atom is -0.316 e. The minimum atomic E-state index is 0.504. The number of thiazole rings is 1. The van der Waals surface area contributed by atoms with Gasteiger partial charge in [-0.25, -0.2) is 9.97 Å². The van der Waals surface area contributed by atoms with Crippen LogP contribution < -0.4 is 5.32 Å². The second kappa shape index (κ2) is 8.25. The number of hydrogen-bond acceptors (Lipinski definition) is 7. The Hall–Kier alpha value is -2.82. The quantitative estimate of drug-likeness (QED) is 0.727. The van der Waals surface area contributed by atoms with Crippen LogP contribution >= 0.6 is 11.3 Å². The highest BCUT2D eigenvalue weighted by molar-refractivity contribution is 7.13. The number of rotatable bonds is 5. The normalized spacial score (nSPS) is 15.4. The first kappa shape index (κ1) is 17.6. The SMILES string of the molecule is N#Cc1ccnc(Nc2nc(C3CCN(Cc4ccncc4)CC3)cs2)c1. The van der Waals surface area contributed by atoms with Crippen molar-refractivity contribution in [2.75, 3.05) is 18.4 Å². The molecule has 0 unspecified atom stereocenters. The summed E-state index contributed by atoms with van der Waals surface area (Å²) in [5, 5.41) is 15.2. The van der Waals surface area contributed by atoms with Gasteiger partial charge in [0, 0.05) is 36.4 Å². The monoisotopic (exact) mass is 376 g/mol. The molecular formula is C20H20N6S. The fourth-order valence-electron chi connectivity index (χ4n) is 3.34. The Kier molecular flexibility index (Phi) is 5.37. The number of pyridine rings is 2. The van der Waals surface area contributed by atoms with Gasteiger partial charge in [-0.05, 0) is 55.8 Å². The highest BCUT2D eigenvalue weighted by Gasteiger charge is 2.22. The van der Waals surface area contributed by atoms with E-state index in [1.807, 2.05) is 12.4 Å². The van der Waals surface area contributed by atoms with E-state index in [4.69, 9.17) is 10.2 Å². The number of anilines is 2. The van der Waals surface area contributed by atoms with Gasteiger partial charge in [0.1, 0.15) is 5.82 Å². The number of nitrogens with zero attached hydrogens (tertiary/aromatic N) is 5. The van der Waals surface area contributed by atoms with Gasteiger partial charge in [0.15, 0.2) is 5.13 Å². The zero-order chi connectivity index (χ0) is 18.5. The summed E-state index contributed by atoms with van der Waals surface area (Å²) >= 11 is 1.59. The van der Waals surface area contributed by atoms with E-state index in [1.165, 1.54) is 5.56 Å². The molecule has 136 valence electrons. The molecule has 0 spiro atoms. The summed E-state index contributed by atoms with van der Waals surface area (Å²) in [7, 11) is 0. The lowest BCUT2D eigenvalue weighted by Crippen LogP contribution is -2.32. The van der Waals surface area contributed by atoms with Crippen LogP contribution in [0.25, 0.3) is 0 Å². The third-order valence-corrected chi connectivity index (χ3v) is 5.58. The van der Waals surface area contributed by atoms with Gasteiger partial charge in [0.05, 0.1) is 17.3 Å². The molecule has 3 aromatic rings. The van der Waals surface area contributed by atoms with Crippen LogP contribution in [0.15, 0.2) is 48.2 Å². The van der Waals surface area contributed by atoms with Gasteiger partial charge in [0.25, 0.3) is 0 Å². The fourth-order valence-corrected chi connectivity index (χ4v) is 4.14. The Morgan fingerprint density at radius 3 is 2.78 bits per heavy atom. The van der Waals surface area contributed by atoms with Crippen LogP contribution in [0.1, 0.15) is 35.6 Å². The van der Waals surface area contributed by atoms with E-state index in [2.05, 4.69) is 43.8 Å². The molecule has 0 atom stereocenters. The third kappa shape index (κ3) is 4.48. The van der Waals surface area contributed by atoms with Crippen molar-refractivity contribution in [3.63, 3.8) is 0 Å². The molecule has 1 aliphatic heterocycles. The van der Waals surface area contributed by atoms with Gasteiger partial charge >= 0.3 is 0 Å². The van der Waals surface area contributed by atoms with Crippen LogP contribution in [-0.4, -0.2) is 32.9 Å². The number of aromatic nitrogens is 3. The maximum atomic E-state index is 8.99. The van der Waals surface area contributed by atoms with Crippen LogP contribution in [0, 0.1) is 11.3 Å². The molecule has 3 aromatic heterocycles. The minimum absolute atomic E-state index is 0.504. The summed E-state index contributed by atoms with van der Waals surface area (Å²) in [6.45, 7) is 3.15. The molecule has 1 aliphatic rings. The van der Waals surface area contributed by atoms with Crippen LogP contribution in [0.5, 0.6) is 0 Å². The van der Waals surface area contributed by atoms with Crippen molar-refractivity contribution >= 4 is 22.3 Å². The Labute approximate surface area is 162 Å². The predicted octanol–water partition coefficient (Wildman–Crippen LogP) is 3.93. The van der Waals surface area contributed by atoms with E-state index in [-0.39, 0.29) is 0 Å². The smallest absolute Gasteiger partial charge is 0.188 e. The number of likely N-dealkylation sites (tertiary alicyclic amines) is 1. The molecule has 1 saturated heterocycles. The van der Waals surface area contributed by atoms with Gasteiger partial charge < -0.3 is 5.32 Å². The van der Waals surface area contributed by atoms with Gasteiger partial charge in [-0.2, -0.15) is 5.26 Å². The molecule has 1 fully saturated rings. The molecular weight excluding hydrogens is 356 g/mol. The van der Waals surface area contributed by atoms with E-state index < -0.39 is 0 Å². The van der Waals surface area contributed by atoms with Crippen molar-refractivity contribution in [3.05, 3.63) is 65.1 Å². The Bertz CT molecular complexity index is 925. The molecule has 27 heavy (non-hydrogen) atoms. The number of hydrogen-bond donors (Lipinski definition) is 1. The summed E-state index contributed by atoms with van der Waals surface area (Å²) < 4.78 is 0. The molecule has 0 amide bonds. The summed E-state index contributed by atoms with van der Waals surface area (Å²) in [4.78, 5) is 15.6. The maximum Gasteiger partial charge on any atom is 0.188 e. The van der Waals surface area contributed by atoms with Crippen molar-refractivity contribution < 1.29 is 0 Å². The maximum absolute atomic E-state index is 8.99. The lowest BCUT2D eigenvalue weighted by atomic mass is 9.94. The van der Waals surface area contributed by atoms with Crippen LogP contribution in [-0.2, 0) is 6.54 Å². The molecule has 7 heteroatoms. The lowest BCUT2D eigenvalue weighted by molar-refractivity contribution is 0.203. The summed E-state index contributed by atoms with van der Waals surface area (Å²) in [5.74, 6) is 1.16. The molecule has 0 bridgehead atoms. The molecule has 4 rings (SSSR count). The molecule has 6 nitrogen and oxygen atoms in total. The highest BCUT2D eigenvalue weighted by atomic mass is 32.1. The zero-order valence-electron chi connectivity index (χ0n) is 14.9. The standard InChI is InChI=1S/C20H20N6S/c21-12-16-3-8-23-19(11-16)25-20-24-18(14-27-20)17-4-9-26(10-5-17)13-15-1-6-22-7-2-15/h1-3,6-8,11,14,17H,4-5,9-10,13H2,(H,23,24,25). The van der Waals surface area contributed by atoms with Crippen LogP contribution in [0.4, 0.5) is 10.9 Å². The second-order valence-electron chi connectivity index (χ2n) is 6.65. The van der Waals surface area contributed by atoms with E-state index in [0.717, 1.165) is 43.3 Å². The molecule has 0 radical (unpaired) electrons. The molecule has 0 saturated carbocycles. The van der Waals surface area contributed by atoms with Gasteiger partial charge in [0.2, 0.25) is 0 Å². The topological polar surface area (TPSA) is 77.7 Å². The first-order valence-electron chi connectivity index (χ1n) is 9.00. The van der Waals surface area contributed by atoms with E-state index in [9.17, 15) is 0 Å². The highest BCUT2D eigenvalue weighted by Crippen LogP contribution is 2.31. The van der Waals surface area contributed by atoms with Crippen molar-refractivity contribution in [2.45, 2.75) is 25.3 Å². The number of nitrogens with one attached hydrogen (secondary N) is 1. The summed E-state index contributed by atoms with van der Waals surface area (Å²) in [6, 6.07) is 9.72. The van der Waals surface area contributed by atoms with Gasteiger partial charge in [-0.3, -0.25) is 9.88 Å². The number of nitriles is 1. The van der Waals surface area contributed by atoms with Crippen molar-refractivity contribution in [1.82, 2.24) is 19.9 Å². The second-order valence-corrected chi connectivity index (χ2v) is 7.51. The van der Waals surface area contributed by atoms with Crippen molar-refractivity contribution in [3.8, 4) is 6.07 Å². The Morgan fingerprint density at radius 2 is 2.00 bits per heavy atom. The van der Waals surface area contributed by atoms with E-state index >= 15 is 0 Å². The fraction of sp³-hybridized carbons (Fsp3) is 0.300. The zero-order valence-corrected chi connectivity index (χ0v) is 15.7. The molecule has 1 N–H and O–H groups in total.